The molecule has 0 bridgehead atoms. The van der Waals surface area contributed by atoms with Crippen molar-refractivity contribution in [3.05, 3.63) is 24.3 Å². The molecule has 0 atom stereocenters. The Hall–Kier alpha value is -1.49. The van der Waals surface area contributed by atoms with Crippen molar-refractivity contribution in [3.63, 3.8) is 0 Å². The fourth-order valence-corrected chi connectivity index (χ4v) is 1.82. The number of aryl methyl sites for hydroxylation is 1. The fraction of sp³-hybridized carbons (Fsp3) is 0.273. The van der Waals surface area contributed by atoms with Crippen LogP contribution in [-0.4, -0.2) is 28.1 Å². The fourth-order valence-electron chi connectivity index (χ4n) is 1.44. The number of benzene rings is 1. The average molecular weight is 235 g/mol. The number of methoxy groups -OCH3 is 1. The average Bonchev–Trinajstić information content (AvgIpc) is 2.71. The van der Waals surface area contributed by atoms with E-state index in [1.165, 1.54) is 11.8 Å². The summed E-state index contributed by atoms with van der Waals surface area (Å²) in [5, 5.41) is 5.07. The molecule has 0 amide bonds. The van der Waals surface area contributed by atoms with Gasteiger partial charge >= 0.3 is 0 Å². The summed E-state index contributed by atoms with van der Waals surface area (Å²) in [5.41, 5.74) is 1.04. The van der Waals surface area contributed by atoms with Gasteiger partial charge in [-0.3, -0.25) is 0 Å². The second-order valence-electron chi connectivity index (χ2n) is 3.27. The van der Waals surface area contributed by atoms with E-state index in [0.717, 1.165) is 22.3 Å². The van der Waals surface area contributed by atoms with Gasteiger partial charge in [-0.1, -0.05) is 11.8 Å². The number of nitrogens with zero attached hydrogens (tertiary/aromatic N) is 3. The Morgan fingerprint density at radius 2 is 1.94 bits per heavy atom. The maximum atomic E-state index is 5.11. The summed E-state index contributed by atoms with van der Waals surface area (Å²) in [6, 6.07) is 7.80. The van der Waals surface area contributed by atoms with Gasteiger partial charge in [0.1, 0.15) is 5.75 Å². The van der Waals surface area contributed by atoms with E-state index in [9.17, 15) is 0 Å². The molecule has 16 heavy (non-hydrogen) atoms. The van der Waals surface area contributed by atoms with Crippen LogP contribution in [0.1, 0.15) is 0 Å². The minimum absolute atomic E-state index is 0.785. The minimum Gasteiger partial charge on any atom is -0.497 e. The molecule has 0 N–H and O–H groups in total. The van der Waals surface area contributed by atoms with E-state index in [-0.39, 0.29) is 0 Å². The molecule has 1 aromatic heterocycles. The second-order valence-corrected chi connectivity index (χ2v) is 4.05. The Morgan fingerprint density at radius 1 is 1.25 bits per heavy atom. The first-order chi connectivity index (χ1) is 7.74. The largest absolute Gasteiger partial charge is 0.497 e. The Balaban J connectivity index is 2.38. The lowest BCUT2D eigenvalue weighted by Crippen LogP contribution is -1.94. The van der Waals surface area contributed by atoms with Crippen molar-refractivity contribution in [2.75, 3.05) is 13.4 Å². The maximum Gasteiger partial charge on any atom is 0.208 e. The van der Waals surface area contributed by atoms with Crippen molar-refractivity contribution in [2.24, 2.45) is 7.05 Å². The standard InChI is InChI=1S/C11H13N3OS/c1-14-10(12-11(13-14)16-3)8-4-6-9(15-2)7-5-8/h4-7H,1-3H3. The maximum absolute atomic E-state index is 5.11. The number of rotatable bonds is 3. The zero-order valence-electron chi connectivity index (χ0n) is 9.47. The highest BCUT2D eigenvalue weighted by molar-refractivity contribution is 7.98. The topological polar surface area (TPSA) is 39.9 Å². The molecule has 0 aliphatic heterocycles. The van der Waals surface area contributed by atoms with Crippen molar-refractivity contribution in [1.82, 2.24) is 14.8 Å². The van der Waals surface area contributed by atoms with E-state index < -0.39 is 0 Å². The zero-order valence-corrected chi connectivity index (χ0v) is 10.3. The minimum atomic E-state index is 0.785. The van der Waals surface area contributed by atoms with Crippen LogP contribution in [0.2, 0.25) is 0 Å². The molecule has 0 saturated carbocycles. The van der Waals surface area contributed by atoms with Gasteiger partial charge in [0.2, 0.25) is 5.16 Å². The van der Waals surface area contributed by atoms with Crippen LogP contribution in [-0.2, 0) is 7.05 Å². The van der Waals surface area contributed by atoms with Crippen LogP contribution in [0.5, 0.6) is 5.75 Å². The summed E-state index contributed by atoms with van der Waals surface area (Å²) in [4.78, 5) is 4.43. The summed E-state index contributed by atoms with van der Waals surface area (Å²) >= 11 is 1.54. The monoisotopic (exact) mass is 235 g/mol. The summed E-state index contributed by atoms with van der Waals surface area (Å²) in [6.07, 6.45) is 1.97. The molecule has 1 aromatic carbocycles. The molecule has 2 rings (SSSR count). The second kappa shape index (κ2) is 4.57. The quantitative estimate of drug-likeness (QED) is 0.765. The Bertz CT molecular complexity index is 478. The molecule has 0 aliphatic carbocycles. The third-order valence-corrected chi connectivity index (χ3v) is 2.81. The normalized spacial score (nSPS) is 10.4. The molecule has 0 unspecified atom stereocenters. The number of ether oxygens (including phenoxy) is 1. The molecule has 5 heteroatoms. The van der Waals surface area contributed by atoms with E-state index in [2.05, 4.69) is 10.1 Å². The highest BCUT2D eigenvalue weighted by Crippen LogP contribution is 2.22. The number of hydrogen-bond donors (Lipinski definition) is 0. The zero-order chi connectivity index (χ0) is 11.5. The molecule has 1 heterocycles. The van der Waals surface area contributed by atoms with Crippen LogP contribution in [0.3, 0.4) is 0 Å². The van der Waals surface area contributed by atoms with Gasteiger partial charge in [0.25, 0.3) is 0 Å². The molecule has 0 radical (unpaired) electrons. The predicted octanol–water partition coefficient (Wildman–Crippen LogP) is 2.21. The Labute approximate surface area is 98.6 Å². The van der Waals surface area contributed by atoms with Crippen LogP contribution in [0, 0.1) is 0 Å². The molecule has 0 saturated heterocycles. The van der Waals surface area contributed by atoms with E-state index in [0.29, 0.717) is 0 Å². The summed E-state index contributed by atoms with van der Waals surface area (Å²) in [7, 11) is 3.55. The van der Waals surface area contributed by atoms with E-state index in [4.69, 9.17) is 4.74 Å². The summed E-state index contributed by atoms with van der Waals surface area (Å²) < 4.78 is 6.90. The first-order valence-corrected chi connectivity index (χ1v) is 6.06. The molecule has 84 valence electrons. The Kier molecular flexibility index (Phi) is 3.14. The van der Waals surface area contributed by atoms with Crippen molar-refractivity contribution in [3.8, 4) is 17.1 Å². The van der Waals surface area contributed by atoms with Gasteiger partial charge in [-0.05, 0) is 30.5 Å². The lowest BCUT2D eigenvalue weighted by Gasteiger charge is -2.02. The first-order valence-electron chi connectivity index (χ1n) is 4.84. The van der Waals surface area contributed by atoms with Gasteiger partial charge in [0.05, 0.1) is 7.11 Å². The van der Waals surface area contributed by atoms with Gasteiger partial charge in [-0.2, -0.15) is 0 Å². The highest BCUT2D eigenvalue weighted by Gasteiger charge is 2.08. The summed E-state index contributed by atoms with van der Waals surface area (Å²) in [6.45, 7) is 0. The van der Waals surface area contributed by atoms with E-state index >= 15 is 0 Å². The van der Waals surface area contributed by atoms with Crippen molar-refractivity contribution < 1.29 is 4.74 Å². The SMILES string of the molecule is COc1ccc(-c2nc(SC)nn2C)cc1. The number of hydrogen-bond acceptors (Lipinski definition) is 4. The van der Waals surface area contributed by atoms with E-state index in [1.54, 1.807) is 11.8 Å². The van der Waals surface area contributed by atoms with Crippen molar-refractivity contribution >= 4 is 11.8 Å². The van der Waals surface area contributed by atoms with Crippen LogP contribution >= 0.6 is 11.8 Å². The first kappa shape index (κ1) is 11.0. The number of aromatic nitrogens is 3. The summed E-state index contributed by atoms with van der Waals surface area (Å²) in [5.74, 6) is 1.71. The van der Waals surface area contributed by atoms with Gasteiger partial charge in [-0.25, -0.2) is 9.67 Å². The molecule has 4 nitrogen and oxygen atoms in total. The third kappa shape index (κ3) is 2.04. The van der Waals surface area contributed by atoms with Gasteiger partial charge < -0.3 is 4.74 Å². The molecule has 2 aromatic rings. The molecule has 0 fully saturated rings. The molecule has 0 aliphatic rings. The van der Waals surface area contributed by atoms with Crippen LogP contribution in [0.15, 0.2) is 29.4 Å². The van der Waals surface area contributed by atoms with Crippen LogP contribution < -0.4 is 4.74 Å². The van der Waals surface area contributed by atoms with Gasteiger partial charge in [0.15, 0.2) is 5.82 Å². The van der Waals surface area contributed by atoms with Gasteiger partial charge in [0, 0.05) is 12.6 Å². The smallest absolute Gasteiger partial charge is 0.208 e. The van der Waals surface area contributed by atoms with Gasteiger partial charge in [-0.15, -0.1) is 5.10 Å². The van der Waals surface area contributed by atoms with Crippen LogP contribution in [0.25, 0.3) is 11.4 Å². The van der Waals surface area contributed by atoms with Crippen molar-refractivity contribution in [2.45, 2.75) is 5.16 Å². The molecule has 0 spiro atoms. The lowest BCUT2D eigenvalue weighted by molar-refractivity contribution is 0.415. The number of thioether (sulfide) groups is 1. The highest BCUT2D eigenvalue weighted by atomic mass is 32.2. The van der Waals surface area contributed by atoms with Crippen molar-refractivity contribution in [1.29, 1.82) is 0 Å². The third-order valence-electron chi connectivity index (χ3n) is 2.27. The predicted molar refractivity (Wildman–Crippen MR) is 64.8 cm³/mol. The van der Waals surface area contributed by atoms with E-state index in [1.807, 2.05) is 37.6 Å². The Morgan fingerprint density at radius 3 is 2.44 bits per heavy atom. The molecular formula is C11H13N3OS. The molecular weight excluding hydrogens is 222 g/mol. The lowest BCUT2D eigenvalue weighted by atomic mass is 10.2. The van der Waals surface area contributed by atoms with Crippen LogP contribution in [0.4, 0.5) is 0 Å².